The molecule has 0 radical (unpaired) electrons. The molecule has 0 aromatic carbocycles. The Morgan fingerprint density at radius 3 is 1.83 bits per heavy atom. The SMILES string of the molecule is CC(C)C[C@H](O)[C@H](O)[C@H](CC1CCCCC1)NC(=O)[C@H](C)CNC(=O)[C@H](CC1CCCCC1)CS(=O)(=O)C(C)(C)C. The average Bonchev–Trinajstić information content (AvgIpc) is 2.90. The van der Waals surface area contributed by atoms with Crippen molar-refractivity contribution in [3.63, 3.8) is 0 Å². The highest BCUT2D eigenvalue weighted by Crippen LogP contribution is 2.32. The lowest BCUT2D eigenvalue weighted by Gasteiger charge is -2.33. The molecular weight excluding hydrogens is 540 g/mol. The van der Waals surface area contributed by atoms with Crippen LogP contribution in [0, 0.1) is 29.6 Å². The smallest absolute Gasteiger partial charge is 0.224 e. The van der Waals surface area contributed by atoms with Crippen molar-refractivity contribution in [3.05, 3.63) is 0 Å². The number of rotatable bonds is 15. The number of hydrogen-bond donors (Lipinski definition) is 4. The Kier molecular flexibility index (Phi) is 14.6. The van der Waals surface area contributed by atoms with Crippen LogP contribution in [-0.4, -0.2) is 65.7 Å². The van der Waals surface area contributed by atoms with Crippen molar-refractivity contribution in [2.75, 3.05) is 12.3 Å². The highest BCUT2D eigenvalue weighted by atomic mass is 32.2. The molecule has 2 amide bonds. The van der Waals surface area contributed by atoms with Crippen LogP contribution >= 0.6 is 0 Å². The molecule has 2 saturated carbocycles. The van der Waals surface area contributed by atoms with E-state index in [1.165, 1.54) is 12.8 Å². The van der Waals surface area contributed by atoms with Gasteiger partial charge in [-0.1, -0.05) is 85.0 Å². The number of aliphatic hydroxyl groups excluding tert-OH is 2. The Morgan fingerprint density at radius 2 is 1.34 bits per heavy atom. The van der Waals surface area contributed by atoms with E-state index in [4.69, 9.17) is 0 Å². The maximum absolute atomic E-state index is 13.4. The first-order valence-electron chi connectivity index (χ1n) is 16.3. The zero-order valence-corrected chi connectivity index (χ0v) is 27.5. The Bertz CT molecular complexity index is 904. The predicted octanol–water partition coefficient (Wildman–Crippen LogP) is 4.76. The minimum atomic E-state index is -3.50. The van der Waals surface area contributed by atoms with E-state index in [2.05, 4.69) is 10.6 Å². The second kappa shape index (κ2) is 16.6. The highest BCUT2D eigenvalue weighted by Gasteiger charge is 2.36. The molecule has 41 heavy (non-hydrogen) atoms. The summed E-state index contributed by atoms with van der Waals surface area (Å²) < 4.78 is 25.1. The fourth-order valence-corrected chi connectivity index (χ4v) is 7.68. The molecule has 4 N–H and O–H groups in total. The van der Waals surface area contributed by atoms with Gasteiger partial charge in [0.1, 0.15) is 6.10 Å². The van der Waals surface area contributed by atoms with Crippen LogP contribution < -0.4 is 10.6 Å². The zero-order valence-electron chi connectivity index (χ0n) is 26.7. The van der Waals surface area contributed by atoms with Gasteiger partial charge in [-0.3, -0.25) is 9.59 Å². The van der Waals surface area contributed by atoms with Crippen molar-refractivity contribution < 1.29 is 28.2 Å². The van der Waals surface area contributed by atoms with Crippen LogP contribution in [0.3, 0.4) is 0 Å². The Balaban J connectivity index is 2.05. The molecule has 0 aliphatic heterocycles. The van der Waals surface area contributed by atoms with Gasteiger partial charge in [-0.25, -0.2) is 8.42 Å². The summed E-state index contributed by atoms with van der Waals surface area (Å²) in [5.74, 6) is -1.06. The summed E-state index contributed by atoms with van der Waals surface area (Å²) in [6.07, 6.45) is 10.7. The van der Waals surface area contributed by atoms with Crippen molar-refractivity contribution >= 4 is 21.7 Å². The molecule has 240 valence electrons. The van der Waals surface area contributed by atoms with Crippen LogP contribution in [0.25, 0.3) is 0 Å². The lowest BCUT2D eigenvalue weighted by molar-refractivity contribution is -0.128. The predicted molar refractivity (Wildman–Crippen MR) is 165 cm³/mol. The van der Waals surface area contributed by atoms with E-state index in [1.54, 1.807) is 27.7 Å². The average molecular weight is 601 g/mol. The summed E-state index contributed by atoms with van der Waals surface area (Å²) in [6.45, 7) is 10.8. The van der Waals surface area contributed by atoms with Crippen molar-refractivity contribution in [1.82, 2.24) is 10.6 Å². The topological polar surface area (TPSA) is 133 Å². The van der Waals surface area contributed by atoms with E-state index < -0.39 is 44.7 Å². The number of amides is 2. The maximum Gasteiger partial charge on any atom is 0.224 e. The number of sulfone groups is 1. The number of nitrogens with one attached hydrogen (secondary N) is 2. The fourth-order valence-electron chi connectivity index (χ4n) is 6.36. The van der Waals surface area contributed by atoms with Gasteiger partial charge in [-0.15, -0.1) is 0 Å². The quantitative estimate of drug-likeness (QED) is 0.214. The summed E-state index contributed by atoms with van der Waals surface area (Å²) >= 11 is 0. The summed E-state index contributed by atoms with van der Waals surface area (Å²) in [7, 11) is -3.50. The van der Waals surface area contributed by atoms with E-state index in [0.717, 1.165) is 51.4 Å². The van der Waals surface area contributed by atoms with Gasteiger partial charge in [0.05, 0.1) is 34.5 Å². The van der Waals surface area contributed by atoms with Gasteiger partial charge in [0.25, 0.3) is 0 Å². The fraction of sp³-hybridized carbons (Fsp3) is 0.938. The van der Waals surface area contributed by atoms with Crippen molar-refractivity contribution in [2.24, 2.45) is 29.6 Å². The van der Waals surface area contributed by atoms with Gasteiger partial charge in [0, 0.05) is 6.54 Å². The van der Waals surface area contributed by atoms with Crippen molar-refractivity contribution in [2.45, 2.75) is 148 Å². The van der Waals surface area contributed by atoms with E-state index in [1.807, 2.05) is 13.8 Å². The third-order valence-electron chi connectivity index (χ3n) is 9.26. The Morgan fingerprint density at radius 1 is 0.829 bits per heavy atom. The van der Waals surface area contributed by atoms with Crippen LogP contribution in [-0.2, 0) is 19.4 Å². The van der Waals surface area contributed by atoms with Gasteiger partial charge in [0.15, 0.2) is 9.84 Å². The molecule has 0 heterocycles. The van der Waals surface area contributed by atoms with E-state index in [0.29, 0.717) is 31.1 Å². The first-order valence-corrected chi connectivity index (χ1v) is 17.9. The van der Waals surface area contributed by atoms with Gasteiger partial charge in [-0.05, 0) is 57.8 Å². The monoisotopic (exact) mass is 600 g/mol. The maximum atomic E-state index is 13.4. The summed E-state index contributed by atoms with van der Waals surface area (Å²) in [4.78, 5) is 26.6. The summed E-state index contributed by atoms with van der Waals surface area (Å²) in [5, 5.41) is 27.6. The number of carbonyl (C=O) groups is 2. The Hall–Kier alpha value is -1.19. The number of aliphatic hydroxyl groups is 2. The molecule has 2 aliphatic rings. The molecule has 9 heteroatoms. The van der Waals surface area contributed by atoms with Crippen LogP contribution in [0.4, 0.5) is 0 Å². The van der Waals surface area contributed by atoms with Crippen molar-refractivity contribution in [3.8, 4) is 0 Å². The Labute approximate surface area is 250 Å². The molecule has 0 bridgehead atoms. The lowest BCUT2D eigenvalue weighted by atomic mass is 9.82. The molecule has 2 rings (SSSR count). The van der Waals surface area contributed by atoms with Crippen LogP contribution in [0.15, 0.2) is 0 Å². The third-order valence-corrected chi connectivity index (χ3v) is 12.0. The first kappa shape index (κ1) is 36.0. The molecule has 0 unspecified atom stereocenters. The molecular formula is C32H60N2O6S. The van der Waals surface area contributed by atoms with Gasteiger partial charge < -0.3 is 20.8 Å². The molecule has 8 nitrogen and oxygen atoms in total. The highest BCUT2D eigenvalue weighted by molar-refractivity contribution is 7.92. The largest absolute Gasteiger partial charge is 0.390 e. The second-order valence-corrected chi connectivity index (χ2v) is 17.3. The summed E-state index contributed by atoms with van der Waals surface area (Å²) in [6, 6.07) is -0.562. The van der Waals surface area contributed by atoms with Gasteiger partial charge in [-0.2, -0.15) is 0 Å². The molecule has 2 aliphatic carbocycles. The number of carbonyl (C=O) groups excluding carboxylic acids is 2. The van der Waals surface area contributed by atoms with Crippen LogP contribution in [0.1, 0.15) is 125 Å². The lowest BCUT2D eigenvalue weighted by Crippen LogP contribution is -2.52. The standard InChI is InChI=1S/C32H60N2O6S/c1-22(2)17-28(35)29(36)27(19-25-15-11-8-12-16-25)34-30(37)23(3)20-33-31(38)26(18-24-13-9-7-10-14-24)21-41(39,40)32(4,5)6/h22-29,35-36H,7-21H2,1-6H3,(H,33,38)(H,34,37)/t23-,26-,27+,28+,29-/m1/s1. The zero-order chi connectivity index (χ0) is 30.8. The molecule has 0 spiro atoms. The normalized spacial score (nSPS) is 21.6. The minimum Gasteiger partial charge on any atom is -0.390 e. The minimum absolute atomic E-state index is 0.0855. The van der Waals surface area contributed by atoms with E-state index in [9.17, 15) is 28.2 Å². The first-order chi connectivity index (χ1) is 19.1. The molecule has 0 saturated heterocycles. The van der Waals surface area contributed by atoms with Crippen molar-refractivity contribution in [1.29, 1.82) is 0 Å². The van der Waals surface area contributed by atoms with Crippen LogP contribution in [0.2, 0.25) is 0 Å². The number of hydrogen-bond acceptors (Lipinski definition) is 6. The van der Waals surface area contributed by atoms with Gasteiger partial charge >= 0.3 is 0 Å². The molecule has 2 fully saturated rings. The van der Waals surface area contributed by atoms with E-state index >= 15 is 0 Å². The molecule has 5 atom stereocenters. The third kappa shape index (κ3) is 12.1. The second-order valence-electron chi connectivity index (χ2n) is 14.5. The van der Waals surface area contributed by atoms with E-state index in [-0.39, 0.29) is 30.0 Å². The van der Waals surface area contributed by atoms with Gasteiger partial charge in [0.2, 0.25) is 11.8 Å². The van der Waals surface area contributed by atoms with Crippen LogP contribution in [0.5, 0.6) is 0 Å². The summed E-state index contributed by atoms with van der Waals surface area (Å²) in [5.41, 5.74) is 0. The molecule has 0 aromatic rings. The molecule has 0 aromatic heterocycles.